The number of aliphatic hydroxyl groups is 1. The van der Waals surface area contributed by atoms with E-state index in [9.17, 15) is 13.5 Å². The highest BCUT2D eigenvalue weighted by Crippen LogP contribution is 2.34. The molecule has 0 spiro atoms. The third-order valence-corrected chi connectivity index (χ3v) is 4.73. The molecule has 1 aromatic rings. The Hall–Kier alpha value is -1.31. The first-order valence-electron chi connectivity index (χ1n) is 6.75. The predicted molar refractivity (Wildman–Crippen MR) is 80.1 cm³/mol. The van der Waals surface area contributed by atoms with E-state index in [0.29, 0.717) is 17.9 Å². The maximum absolute atomic E-state index is 12.3. The van der Waals surface area contributed by atoms with Crippen molar-refractivity contribution < 1.29 is 23.0 Å². The molecule has 0 saturated carbocycles. The second kappa shape index (κ2) is 7.63. The molecule has 0 radical (unpaired) electrons. The van der Waals surface area contributed by atoms with Gasteiger partial charge in [-0.2, -0.15) is 0 Å². The molecule has 1 rings (SSSR count). The molecule has 1 aromatic carbocycles. The molecular formula is C14H23NO5S. The largest absolute Gasteiger partial charge is 0.493 e. The summed E-state index contributed by atoms with van der Waals surface area (Å²) >= 11 is 0. The predicted octanol–water partition coefficient (Wildman–Crippen LogP) is 1.52. The summed E-state index contributed by atoms with van der Waals surface area (Å²) in [6.07, 6.45) is 0.885. The molecule has 6 nitrogen and oxygen atoms in total. The topological polar surface area (TPSA) is 84.9 Å². The summed E-state index contributed by atoms with van der Waals surface area (Å²) in [7, 11) is -0.797. The number of hydrogen-bond acceptors (Lipinski definition) is 5. The van der Waals surface area contributed by atoms with Gasteiger partial charge in [0.1, 0.15) is 0 Å². The minimum Gasteiger partial charge on any atom is -0.493 e. The van der Waals surface area contributed by atoms with Gasteiger partial charge in [0.25, 0.3) is 0 Å². The Bertz CT molecular complexity index is 546. The Morgan fingerprint density at radius 3 is 2.43 bits per heavy atom. The van der Waals surface area contributed by atoms with Crippen molar-refractivity contribution in [3.8, 4) is 11.5 Å². The van der Waals surface area contributed by atoms with Crippen molar-refractivity contribution in [2.75, 3.05) is 20.8 Å². The van der Waals surface area contributed by atoms with Crippen LogP contribution in [0.1, 0.15) is 25.8 Å². The number of aliphatic hydroxyl groups excluding tert-OH is 1. The second-order valence-electron chi connectivity index (χ2n) is 4.84. The Labute approximate surface area is 126 Å². The van der Waals surface area contributed by atoms with Crippen LogP contribution in [0.3, 0.4) is 0 Å². The van der Waals surface area contributed by atoms with Gasteiger partial charge in [0, 0.05) is 18.2 Å². The molecule has 1 atom stereocenters. The van der Waals surface area contributed by atoms with E-state index in [0.717, 1.165) is 6.42 Å². The molecule has 120 valence electrons. The molecular weight excluding hydrogens is 294 g/mol. The minimum atomic E-state index is -3.65. The van der Waals surface area contributed by atoms with Crippen LogP contribution in [-0.4, -0.2) is 34.3 Å². The van der Waals surface area contributed by atoms with Crippen LogP contribution < -0.4 is 14.2 Å². The zero-order valence-corrected chi connectivity index (χ0v) is 13.7. The van der Waals surface area contributed by atoms with Gasteiger partial charge in [0.05, 0.1) is 25.7 Å². The molecule has 0 saturated heterocycles. The van der Waals surface area contributed by atoms with Crippen LogP contribution in [0, 0.1) is 5.92 Å². The molecule has 21 heavy (non-hydrogen) atoms. The monoisotopic (exact) mass is 317 g/mol. The van der Waals surface area contributed by atoms with E-state index in [2.05, 4.69) is 4.72 Å². The highest BCUT2D eigenvalue weighted by Gasteiger charge is 2.20. The lowest BCUT2D eigenvalue weighted by Crippen LogP contribution is -2.28. The molecule has 7 heteroatoms. The molecule has 0 aliphatic rings. The third kappa shape index (κ3) is 4.33. The standard InChI is InChI=1S/C14H23NO5S/c1-5-10(2)8-15-21(17,18)12-6-11(9-16)14(20-4)13(7-12)19-3/h6-7,10,15-16H,5,8-9H2,1-4H3. The molecule has 0 fully saturated rings. The van der Waals surface area contributed by atoms with Crippen LogP contribution in [0.4, 0.5) is 0 Å². The van der Waals surface area contributed by atoms with E-state index in [1.807, 2.05) is 13.8 Å². The van der Waals surface area contributed by atoms with E-state index in [-0.39, 0.29) is 23.2 Å². The average molecular weight is 317 g/mol. The first-order chi connectivity index (χ1) is 9.89. The zero-order chi connectivity index (χ0) is 16.0. The number of hydrogen-bond donors (Lipinski definition) is 2. The van der Waals surface area contributed by atoms with Crippen LogP contribution in [0.25, 0.3) is 0 Å². The lowest BCUT2D eigenvalue weighted by atomic mass is 10.1. The van der Waals surface area contributed by atoms with Crippen molar-refractivity contribution >= 4 is 10.0 Å². The number of sulfonamides is 1. The third-order valence-electron chi connectivity index (χ3n) is 3.33. The summed E-state index contributed by atoms with van der Waals surface area (Å²) in [5.74, 6) is 0.853. The summed E-state index contributed by atoms with van der Waals surface area (Å²) in [4.78, 5) is 0.0486. The Balaban J connectivity index is 3.17. The number of rotatable bonds is 8. The second-order valence-corrected chi connectivity index (χ2v) is 6.61. The summed E-state index contributed by atoms with van der Waals surface area (Å²) in [6, 6.07) is 2.78. The molecule has 0 bridgehead atoms. The highest BCUT2D eigenvalue weighted by atomic mass is 32.2. The van der Waals surface area contributed by atoms with E-state index >= 15 is 0 Å². The van der Waals surface area contributed by atoms with E-state index in [4.69, 9.17) is 9.47 Å². The molecule has 0 aliphatic carbocycles. The van der Waals surface area contributed by atoms with Gasteiger partial charge in [-0.15, -0.1) is 0 Å². The smallest absolute Gasteiger partial charge is 0.240 e. The zero-order valence-electron chi connectivity index (χ0n) is 12.8. The SMILES string of the molecule is CCC(C)CNS(=O)(=O)c1cc(CO)c(OC)c(OC)c1. The van der Waals surface area contributed by atoms with Gasteiger partial charge in [0.2, 0.25) is 10.0 Å². The van der Waals surface area contributed by atoms with Crippen molar-refractivity contribution in [2.24, 2.45) is 5.92 Å². The number of benzene rings is 1. The van der Waals surface area contributed by atoms with Gasteiger partial charge >= 0.3 is 0 Å². The Morgan fingerprint density at radius 1 is 1.29 bits per heavy atom. The first-order valence-corrected chi connectivity index (χ1v) is 8.23. The van der Waals surface area contributed by atoms with E-state index < -0.39 is 10.0 Å². The maximum Gasteiger partial charge on any atom is 0.240 e. The van der Waals surface area contributed by atoms with Gasteiger partial charge < -0.3 is 14.6 Å². The van der Waals surface area contributed by atoms with E-state index in [1.165, 1.54) is 26.4 Å². The fourth-order valence-corrected chi connectivity index (χ4v) is 3.00. The lowest BCUT2D eigenvalue weighted by Gasteiger charge is -2.15. The highest BCUT2D eigenvalue weighted by molar-refractivity contribution is 7.89. The van der Waals surface area contributed by atoms with Gasteiger partial charge in [-0.25, -0.2) is 13.1 Å². The van der Waals surface area contributed by atoms with Crippen molar-refractivity contribution in [1.29, 1.82) is 0 Å². The molecule has 2 N–H and O–H groups in total. The van der Waals surface area contributed by atoms with Crippen molar-refractivity contribution in [1.82, 2.24) is 4.72 Å². The van der Waals surface area contributed by atoms with E-state index in [1.54, 1.807) is 0 Å². The van der Waals surface area contributed by atoms with Crippen LogP contribution in [-0.2, 0) is 16.6 Å². The Kier molecular flexibility index (Phi) is 6.44. The van der Waals surface area contributed by atoms with Gasteiger partial charge in [0.15, 0.2) is 11.5 Å². The van der Waals surface area contributed by atoms with Crippen LogP contribution >= 0.6 is 0 Å². The lowest BCUT2D eigenvalue weighted by molar-refractivity contribution is 0.269. The number of nitrogens with one attached hydrogen (secondary N) is 1. The Morgan fingerprint density at radius 2 is 1.95 bits per heavy atom. The summed E-state index contributed by atoms with van der Waals surface area (Å²) in [6.45, 7) is 3.99. The maximum atomic E-state index is 12.3. The average Bonchev–Trinajstić information content (AvgIpc) is 2.50. The van der Waals surface area contributed by atoms with Crippen molar-refractivity contribution in [3.05, 3.63) is 17.7 Å². The molecule has 1 unspecified atom stereocenters. The normalized spacial score (nSPS) is 13.0. The van der Waals surface area contributed by atoms with Gasteiger partial charge in [-0.05, 0) is 12.0 Å². The molecule has 0 aromatic heterocycles. The fraction of sp³-hybridized carbons (Fsp3) is 0.571. The first kappa shape index (κ1) is 17.7. The quantitative estimate of drug-likeness (QED) is 0.759. The summed E-state index contributed by atoms with van der Waals surface area (Å²) < 4.78 is 37.4. The molecule has 0 amide bonds. The van der Waals surface area contributed by atoms with Crippen LogP contribution in [0.5, 0.6) is 11.5 Å². The van der Waals surface area contributed by atoms with Crippen molar-refractivity contribution in [3.63, 3.8) is 0 Å². The molecule has 0 aliphatic heterocycles. The number of methoxy groups -OCH3 is 2. The van der Waals surface area contributed by atoms with Crippen LogP contribution in [0.2, 0.25) is 0 Å². The molecule has 0 heterocycles. The van der Waals surface area contributed by atoms with Crippen LogP contribution in [0.15, 0.2) is 17.0 Å². The summed E-state index contributed by atoms with van der Waals surface area (Å²) in [5.41, 5.74) is 0.362. The fourth-order valence-electron chi connectivity index (χ4n) is 1.77. The van der Waals surface area contributed by atoms with Gasteiger partial charge in [-0.3, -0.25) is 0 Å². The number of ether oxygens (including phenoxy) is 2. The minimum absolute atomic E-state index is 0.0486. The summed E-state index contributed by atoms with van der Waals surface area (Å²) in [5, 5.41) is 9.37. The van der Waals surface area contributed by atoms with Gasteiger partial charge in [-0.1, -0.05) is 20.3 Å². The van der Waals surface area contributed by atoms with Crippen molar-refractivity contribution in [2.45, 2.75) is 31.8 Å².